The lowest BCUT2D eigenvalue weighted by Crippen LogP contribution is -2.30. The first-order valence-corrected chi connectivity index (χ1v) is 6.00. The summed E-state index contributed by atoms with van der Waals surface area (Å²) >= 11 is 0. The first-order chi connectivity index (χ1) is 8.61. The van der Waals surface area contributed by atoms with Crippen LogP contribution in [0.2, 0.25) is 0 Å². The Morgan fingerprint density at radius 2 is 2.22 bits per heavy atom. The Morgan fingerprint density at radius 3 is 2.78 bits per heavy atom. The molecule has 1 saturated carbocycles. The van der Waals surface area contributed by atoms with E-state index in [0.717, 1.165) is 6.42 Å². The third kappa shape index (κ3) is 2.49. The fraction of sp³-hybridized carbons (Fsp3) is 0.636. The van der Waals surface area contributed by atoms with Crippen LogP contribution >= 0.6 is 0 Å². The highest BCUT2D eigenvalue weighted by molar-refractivity contribution is 5.94. The van der Waals surface area contributed by atoms with Crippen LogP contribution in [-0.4, -0.2) is 32.2 Å². The fourth-order valence-electron chi connectivity index (χ4n) is 2.51. The molecule has 1 amide bonds. The number of nitrogens with one attached hydrogen (secondary N) is 2. The molecular formula is C11H16N4O3. The molecule has 18 heavy (non-hydrogen) atoms. The quantitative estimate of drug-likeness (QED) is 0.737. The number of rotatable bonds is 4. The van der Waals surface area contributed by atoms with E-state index in [1.54, 1.807) is 0 Å². The van der Waals surface area contributed by atoms with Crippen molar-refractivity contribution in [3.63, 3.8) is 0 Å². The van der Waals surface area contributed by atoms with Crippen LogP contribution in [0.5, 0.6) is 0 Å². The maximum atomic E-state index is 12.0. The molecule has 1 heterocycles. The van der Waals surface area contributed by atoms with Crippen LogP contribution in [0, 0.1) is 17.8 Å². The average molecular weight is 252 g/mol. The molecule has 0 bridgehead atoms. The summed E-state index contributed by atoms with van der Waals surface area (Å²) in [6.07, 6.45) is 3.37. The first-order valence-electron chi connectivity index (χ1n) is 6.00. The van der Waals surface area contributed by atoms with Gasteiger partial charge in [-0.05, 0) is 18.8 Å². The largest absolute Gasteiger partial charge is 0.481 e. The molecule has 7 heteroatoms. The van der Waals surface area contributed by atoms with E-state index in [9.17, 15) is 9.59 Å². The molecule has 7 nitrogen and oxygen atoms in total. The van der Waals surface area contributed by atoms with Gasteiger partial charge in [-0.1, -0.05) is 13.3 Å². The molecule has 0 spiro atoms. The number of anilines is 1. The third-order valence-electron chi connectivity index (χ3n) is 3.55. The number of carbonyl (C=O) groups is 2. The van der Waals surface area contributed by atoms with Gasteiger partial charge in [-0.3, -0.25) is 14.9 Å². The van der Waals surface area contributed by atoms with Crippen molar-refractivity contribution < 1.29 is 14.7 Å². The van der Waals surface area contributed by atoms with E-state index >= 15 is 0 Å². The molecule has 3 atom stereocenters. The molecule has 1 aromatic rings. The van der Waals surface area contributed by atoms with Gasteiger partial charge in [0.15, 0.2) is 0 Å². The van der Waals surface area contributed by atoms with Gasteiger partial charge in [0.25, 0.3) is 0 Å². The second-order valence-electron chi connectivity index (χ2n) is 4.62. The van der Waals surface area contributed by atoms with Crippen LogP contribution in [-0.2, 0) is 9.59 Å². The minimum atomic E-state index is -0.899. The fourth-order valence-corrected chi connectivity index (χ4v) is 2.51. The van der Waals surface area contributed by atoms with Gasteiger partial charge in [0.2, 0.25) is 11.9 Å². The Kier molecular flexibility index (Phi) is 3.59. The van der Waals surface area contributed by atoms with E-state index in [2.05, 4.69) is 20.5 Å². The number of aromatic amines is 1. The Bertz CT molecular complexity index is 432. The van der Waals surface area contributed by atoms with E-state index in [0.29, 0.717) is 18.8 Å². The van der Waals surface area contributed by atoms with Gasteiger partial charge in [-0.15, -0.1) is 0 Å². The van der Waals surface area contributed by atoms with E-state index in [1.807, 2.05) is 6.92 Å². The second kappa shape index (κ2) is 5.16. The second-order valence-corrected chi connectivity index (χ2v) is 4.62. The van der Waals surface area contributed by atoms with Gasteiger partial charge >= 0.3 is 5.97 Å². The zero-order valence-electron chi connectivity index (χ0n) is 10.1. The summed E-state index contributed by atoms with van der Waals surface area (Å²) < 4.78 is 0. The van der Waals surface area contributed by atoms with Crippen molar-refractivity contribution in [2.24, 2.45) is 17.8 Å². The Labute approximate surface area is 104 Å². The molecule has 0 radical (unpaired) electrons. The van der Waals surface area contributed by atoms with Crippen LogP contribution in [0.25, 0.3) is 0 Å². The zero-order chi connectivity index (χ0) is 13.1. The first kappa shape index (κ1) is 12.5. The van der Waals surface area contributed by atoms with Crippen molar-refractivity contribution in [2.45, 2.75) is 26.2 Å². The minimum absolute atomic E-state index is 0.254. The zero-order valence-corrected chi connectivity index (χ0v) is 10.1. The lowest BCUT2D eigenvalue weighted by Gasteiger charge is -2.13. The molecule has 3 N–H and O–H groups in total. The molecule has 0 aliphatic heterocycles. The molecular weight excluding hydrogens is 236 g/mol. The number of aromatic nitrogens is 3. The molecule has 2 rings (SSSR count). The van der Waals surface area contributed by atoms with Crippen molar-refractivity contribution in [3.05, 3.63) is 6.33 Å². The summed E-state index contributed by atoms with van der Waals surface area (Å²) in [5.74, 6) is -1.73. The van der Waals surface area contributed by atoms with E-state index < -0.39 is 17.8 Å². The molecule has 1 unspecified atom stereocenters. The molecule has 0 saturated heterocycles. The predicted octanol–water partition coefficient (Wildman–Crippen LogP) is 0.880. The summed E-state index contributed by atoms with van der Waals surface area (Å²) in [7, 11) is 0. The van der Waals surface area contributed by atoms with Crippen molar-refractivity contribution in [2.75, 3.05) is 5.32 Å². The standard InChI is InChI=1S/C11H16N4O3/c1-2-6-3-7(8(4-6)10(17)18)9(16)14-11-12-5-13-15-11/h5-8H,2-4H2,1H3,(H,17,18)(H2,12,13,14,15,16)/t6?,7-,8+/m0/s1. The number of aliphatic carboxylic acids is 1. The van der Waals surface area contributed by atoms with Crippen LogP contribution < -0.4 is 5.32 Å². The van der Waals surface area contributed by atoms with Gasteiger partial charge in [0, 0.05) is 0 Å². The van der Waals surface area contributed by atoms with Crippen LogP contribution in [0.3, 0.4) is 0 Å². The predicted molar refractivity (Wildman–Crippen MR) is 62.6 cm³/mol. The lowest BCUT2D eigenvalue weighted by atomic mass is 9.95. The summed E-state index contributed by atoms with van der Waals surface area (Å²) in [5.41, 5.74) is 0. The Balaban J connectivity index is 2.05. The van der Waals surface area contributed by atoms with Crippen LogP contribution in [0.1, 0.15) is 26.2 Å². The minimum Gasteiger partial charge on any atom is -0.481 e. The highest BCUT2D eigenvalue weighted by Gasteiger charge is 2.42. The smallest absolute Gasteiger partial charge is 0.307 e. The summed E-state index contributed by atoms with van der Waals surface area (Å²) in [4.78, 5) is 27.0. The maximum Gasteiger partial charge on any atom is 0.307 e. The molecule has 1 fully saturated rings. The lowest BCUT2D eigenvalue weighted by molar-refractivity contribution is -0.145. The van der Waals surface area contributed by atoms with Gasteiger partial charge in [-0.2, -0.15) is 10.1 Å². The number of hydrogen-bond acceptors (Lipinski definition) is 4. The van der Waals surface area contributed by atoms with E-state index in [-0.39, 0.29) is 11.9 Å². The van der Waals surface area contributed by atoms with Crippen molar-refractivity contribution in [1.82, 2.24) is 15.2 Å². The Morgan fingerprint density at radius 1 is 1.50 bits per heavy atom. The highest BCUT2D eigenvalue weighted by Crippen LogP contribution is 2.38. The van der Waals surface area contributed by atoms with Crippen LogP contribution in [0.15, 0.2) is 6.33 Å². The van der Waals surface area contributed by atoms with Gasteiger partial charge < -0.3 is 5.11 Å². The number of amides is 1. The number of carboxylic acids is 1. The van der Waals surface area contributed by atoms with E-state index in [1.165, 1.54) is 6.33 Å². The number of carboxylic acid groups (broad SMARTS) is 1. The normalized spacial score (nSPS) is 27.1. The maximum absolute atomic E-state index is 12.0. The number of nitrogens with zero attached hydrogens (tertiary/aromatic N) is 2. The summed E-state index contributed by atoms with van der Waals surface area (Å²) in [6.45, 7) is 2.01. The van der Waals surface area contributed by atoms with Crippen molar-refractivity contribution in [1.29, 1.82) is 0 Å². The van der Waals surface area contributed by atoms with E-state index in [4.69, 9.17) is 5.11 Å². The molecule has 0 aromatic carbocycles. The van der Waals surface area contributed by atoms with Crippen molar-refractivity contribution in [3.8, 4) is 0 Å². The number of carbonyl (C=O) groups excluding carboxylic acids is 1. The number of hydrogen-bond donors (Lipinski definition) is 3. The summed E-state index contributed by atoms with van der Waals surface area (Å²) in [5, 5.41) is 17.9. The summed E-state index contributed by atoms with van der Waals surface area (Å²) in [6, 6.07) is 0. The topological polar surface area (TPSA) is 108 Å². The van der Waals surface area contributed by atoms with Gasteiger partial charge in [0.05, 0.1) is 11.8 Å². The third-order valence-corrected chi connectivity index (χ3v) is 3.55. The average Bonchev–Trinajstić information content (AvgIpc) is 2.96. The SMILES string of the molecule is CCC1C[C@H](C(=O)Nc2ncn[nH]2)[C@H](C(=O)O)C1. The molecule has 98 valence electrons. The highest BCUT2D eigenvalue weighted by atomic mass is 16.4. The Hall–Kier alpha value is -1.92. The molecule has 1 aliphatic rings. The molecule has 1 aliphatic carbocycles. The number of H-pyrrole nitrogens is 1. The monoisotopic (exact) mass is 252 g/mol. The van der Waals surface area contributed by atoms with Crippen LogP contribution in [0.4, 0.5) is 5.95 Å². The van der Waals surface area contributed by atoms with Crippen molar-refractivity contribution >= 4 is 17.8 Å². The van der Waals surface area contributed by atoms with Gasteiger partial charge in [0.1, 0.15) is 6.33 Å². The molecule has 1 aromatic heterocycles. The van der Waals surface area contributed by atoms with Gasteiger partial charge in [-0.25, -0.2) is 5.10 Å².